The molecule has 144 valence electrons. The number of ether oxygens (including phenoxy) is 1. The highest BCUT2D eigenvalue weighted by Crippen LogP contribution is 2.23. The first kappa shape index (κ1) is 18.2. The lowest BCUT2D eigenvalue weighted by Crippen LogP contribution is -2.49. The van der Waals surface area contributed by atoms with Crippen LogP contribution in [0.15, 0.2) is 29.3 Å². The summed E-state index contributed by atoms with van der Waals surface area (Å²) < 4.78 is 5.46. The Morgan fingerprint density at radius 1 is 1.22 bits per heavy atom. The number of aromatic nitrogens is 2. The first-order chi connectivity index (χ1) is 13.1. The van der Waals surface area contributed by atoms with Crippen LogP contribution >= 0.6 is 0 Å². The predicted molar refractivity (Wildman–Crippen MR) is 106 cm³/mol. The Morgan fingerprint density at radius 3 is 2.74 bits per heavy atom. The maximum atomic E-state index is 5.46. The summed E-state index contributed by atoms with van der Waals surface area (Å²) in [5.41, 5.74) is 8.28. The Balaban J connectivity index is 1.63. The molecule has 4 rings (SSSR count). The first-order valence-electron chi connectivity index (χ1n) is 9.65. The Bertz CT molecular complexity index is 822. The normalized spacial score (nSPS) is 20.1. The maximum absolute atomic E-state index is 5.46. The minimum absolute atomic E-state index is 0.368. The SMILES string of the molecule is Cc1cc(N=C2NN(C(C)C)Cc3cc(CN4CCOCC4)ccc32)n[nH]1. The van der Waals surface area contributed by atoms with Crippen molar-refractivity contribution in [1.29, 1.82) is 0 Å². The van der Waals surface area contributed by atoms with Crippen molar-refractivity contribution in [2.45, 2.75) is 39.9 Å². The van der Waals surface area contributed by atoms with E-state index in [0.717, 1.165) is 56.5 Å². The van der Waals surface area contributed by atoms with Crippen molar-refractivity contribution < 1.29 is 4.74 Å². The van der Waals surface area contributed by atoms with Crippen molar-refractivity contribution >= 4 is 11.7 Å². The molecule has 0 bridgehead atoms. The van der Waals surface area contributed by atoms with Crippen molar-refractivity contribution in [2.75, 3.05) is 26.3 Å². The summed E-state index contributed by atoms with van der Waals surface area (Å²) in [7, 11) is 0. The topological polar surface area (TPSA) is 68.8 Å². The number of aliphatic imine (C=N–C) groups is 1. The highest BCUT2D eigenvalue weighted by Gasteiger charge is 2.24. The van der Waals surface area contributed by atoms with E-state index in [-0.39, 0.29) is 0 Å². The summed E-state index contributed by atoms with van der Waals surface area (Å²) in [6.45, 7) is 11.9. The van der Waals surface area contributed by atoms with Crippen LogP contribution in [0.3, 0.4) is 0 Å². The number of fused-ring (bicyclic) bond motifs is 1. The largest absolute Gasteiger partial charge is 0.379 e. The van der Waals surface area contributed by atoms with Gasteiger partial charge in [0.25, 0.3) is 0 Å². The summed E-state index contributed by atoms with van der Waals surface area (Å²) in [5, 5.41) is 9.44. The highest BCUT2D eigenvalue weighted by molar-refractivity contribution is 6.01. The van der Waals surface area contributed by atoms with Crippen LogP contribution < -0.4 is 5.43 Å². The Labute approximate surface area is 160 Å². The van der Waals surface area contributed by atoms with E-state index in [2.05, 4.69) is 57.6 Å². The number of amidine groups is 1. The molecule has 1 aromatic heterocycles. The molecular formula is C20H28N6O. The number of benzene rings is 1. The second-order valence-corrected chi connectivity index (χ2v) is 7.58. The molecule has 1 fully saturated rings. The molecule has 1 aromatic carbocycles. The van der Waals surface area contributed by atoms with Crippen LogP contribution in [0.5, 0.6) is 0 Å². The van der Waals surface area contributed by atoms with E-state index < -0.39 is 0 Å². The van der Waals surface area contributed by atoms with Gasteiger partial charge in [0.15, 0.2) is 11.7 Å². The van der Waals surface area contributed by atoms with Crippen LogP contribution in [-0.4, -0.2) is 58.3 Å². The van der Waals surface area contributed by atoms with E-state index in [1.165, 1.54) is 11.1 Å². The summed E-state index contributed by atoms with van der Waals surface area (Å²) in [5.74, 6) is 1.55. The summed E-state index contributed by atoms with van der Waals surface area (Å²) in [6.07, 6.45) is 0. The van der Waals surface area contributed by atoms with Gasteiger partial charge in [-0.2, -0.15) is 5.10 Å². The smallest absolute Gasteiger partial charge is 0.175 e. The molecule has 0 spiro atoms. The van der Waals surface area contributed by atoms with Gasteiger partial charge in [-0.15, -0.1) is 0 Å². The number of nitrogens with one attached hydrogen (secondary N) is 2. The molecular weight excluding hydrogens is 340 g/mol. The van der Waals surface area contributed by atoms with Gasteiger partial charge in [-0.05, 0) is 31.9 Å². The molecule has 27 heavy (non-hydrogen) atoms. The van der Waals surface area contributed by atoms with Crippen molar-refractivity contribution in [2.24, 2.45) is 4.99 Å². The average molecular weight is 368 g/mol. The van der Waals surface area contributed by atoms with Crippen LogP contribution in [-0.2, 0) is 17.8 Å². The molecule has 2 N–H and O–H groups in total. The summed E-state index contributed by atoms with van der Waals surface area (Å²) in [4.78, 5) is 7.21. The van der Waals surface area contributed by atoms with E-state index >= 15 is 0 Å². The first-order valence-corrected chi connectivity index (χ1v) is 9.65. The second-order valence-electron chi connectivity index (χ2n) is 7.58. The number of morpholine rings is 1. The van der Waals surface area contributed by atoms with Gasteiger partial charge in [0.2, 0.25) is 0 Å². The third kappa shape index (κ3) is 4.21. The second kappa shape index (κ2) is 7.80. The molecule has 0 amide bonds. The number of rotatable bonds is 4. The zero-order chi connectivity index (χ0) is 18.8. The Kier molecular flexibility index (Phi) is 5.24. The van der Waals surface area contributed by atoms with Gasteiger partial charge in [-0.3, -0.25) is 10.00 Å². The van der Waals surface area contributed by atoms with Gasteiger partial charge in [0.1, 0.15) is 0 Å². The van der Waals surface area contributed by atoms with Crippen molar-refractivity contribution in [3.8, 4) is 0 Å². The van der Waals surface area contributed by atoms with Gasteiger partial charge in [-0.25, -0.2) is 10.0 Å². The van der Waals surface area contributed by atoms with Crippen molar-refractivity contribution in [3.63, 3.8) is 0 Å². The zero-order valence-electron chi connectivity index (χ0n) is 16.3. The number of H-pyrrole nitrogens is 1. The molecule has 2 aliphatic rings. The van der Waals surface area contributed by atoms with Crippen LogP contribution in [0.1, 0.15) is 36.2 Å². The van der Waals surface area contributed by atoms with Gasteiger partial charge >= 0.3 is 0 Å². The van der Waals surface area contributed by atoms with E-state index in [1.54, 1.807) is 0 Å². The molecule has 7 heteroatoms. The minimum Gasteiger partial charge on any atom is -0.379 e. The number of hydrogen-bond acceptors (Lipinski definition) is 5. The number of hydrogen-bond donors (Lipinski definition) is 2. The molecule has 2 aromatic rings. The van der Waals surface area contributed by atoms with Crippen LogP contribution in [0, 0.1) is 6.92 Å². The van der Waals surface area contributed by atoms with Gasteiger partial charge in [0, 0.05) is 49.5 Å². The van der Waals surface area contributed by atoms with Crippen LogP contribution in [0.2, 0.25) is 0 Å². The quantitative estimate of drug-likeness (QED) is 0.867. The van der Waals surface area contributed by atoms with Crippen molar-refractivity contribution in [1.82, 2.24) is 25.5 Å². The van der Waals surface area contributed by atoms with E-state index in [9.17, 15) is 0 Å². The fourth-order valence-corrected chi connectivity index (χ4v) is 3.52. The van der Waals surface area contributed by atoms with Crippen molar-refractivity contribution in [3.05, 3.63) is 46.6 Å². The van der Waals surface area contributed by atoms with Gasteiger partial charge < -0.3 is 10.2 Å². The fourth-order valence-electron chi connectivity index (χ4n) is 3.52. The maximum Gasteiger partial charge on any atom is 0.175 e. The van der Waals surface area contributed by atoms with Gasteiger partial charge in [-0.1, -0.05) is 18.2 Å². The lowest BCUT2D eigenvalue weighted by atomic mass is 10.00. The molecule has 3 heterocycles. The number of hydrazine groups is 1. The lowest BCUT2D eigenvalue weighted by Gasteiger charge is -2.34. The lowest BCUT2D eigenvalue weighted by molar-refractivity contribution is 0.0341. The van der Waals surface area contributed by atoms with Crippen LogP contribution in [0.25, 0.3) is 0 Å². The molecule has 0 aliphatic carbocycles. The fraction of sp³-hybridized carbons (Fsp3) is 0.500. The van der Waals surface area contributed by atoms with Gasteiger partial charge in [0.05, 0.1) is 13.2 Å². The highest BCUT2D eigenvalue weighted by atomic mass is 16.5. The predicted octanol–water partition coefficient (Wildman–Crippen LogP) is 2.36. The Hall–Kier alpha value is -2.22. The third-order valence-corrected chi connectivity index (χ3v) is 5.07. The number of aryl methyl sites for hydroxylation is 1. The molecule has 1 saturated heterocycles. The molecule has 2 aliphatic heterocycles. The molecule has 7 nitrogen and oxygen atoms in total. The van der Waals surface area contributed by atoms with E-state index in [1.807, 2.05) is 13.0 Å². The van der Waals surface area contributed by atoms with Crippen LogP contribution in [0.4, 0.5) is 5.82 Å². The standard InChI is InChI=1S/C20H28N6O/c1-14(2)26-13-17-11-16(12-25-6-8-27-9-7-25)4-5-18(17)20(24-26)21-19-10-15(3)22-23-19/h4-5,10-11,14H,6-9,12-13H2,1-3H3,(H2,21,22,23,24). The Morgan fingerprint density at radius 2 is 2.04 bits per heavy atom. The zero-order valence-corrected chi connectivity index (χ0v) is 16.3. The summed E-state index contributed by atoms with van der Waals surface area (Å²) in [6, 6.07) is 9.05. The molecule has 0 unspecified atom stereocenters. The average Bonchev–Trinajstić information content (AvgIpc) is 3.07. The van der Waals surface area contributed by atoms with E-state index in [4.69, 9.17) is 9.73 Å². The minimum atomic E-state index is 0.368. The molecule has 0 saturated carbocycles. The summed E-state index contributed by atoms with van der Waals surface area (Å²) >= 11 is 0. The van der Waals surface area contributed by atoms with E-state index in [0.29, 0.717) is 11.9 Å². The monoisotopic (exact) mass is 368 g/mol. The molecule has 0 radical (unpaired) electrons. The third-order valence-electron chi connectivity index (χ3n) is 5.07. The number of aromatic amines is 1. The molecule has 0 atom stereocenters. The number of nitrogens with zero attached hydrogens (tertiary/aromatic N) is 4.